The van der Waals surface area contributed by atoms with Crippen LogP contribution in [0.4, 0.5) is 5.69 Å². The first-order valence-corrected chi connectivity index (χ1v) is 23.9. The number of carbonyl (C=O) groups excluding carboxylic acids is 5. The van der Waals surface area contributed by atoms with Crippen molar-refractivity contribution in [2.24, 2.45) is 17.3 Å². The van der Waals surface area contributed by atoms with E-state index in [2.05, 4.69) is 65.8 Å². The number of cyclic esters (lactones) is 1. The lowest BCUT2D eigenvalue weighted by Crippen LogP contribution is -2.62. The number of anilines is 1. The van der Waals surface area contributed by atoms with Crippen molar-refractivity contribution in [2.75, 3.05) is 58.4 Å². The van der Waals surface area contributed by atoms with E-state index in [9.17, 15) is 29.1 Å². The fraction of sp³-hybridized carbons (Fsp3) is 0.500. The second-order valence-corrected chi connectivity index (χ2v) is 20.0. The molecular formula is C52H66N8O8. The first-order valence-electron chi connectivity index (χ1n) is 23.9. The van der Waals surface area contributed by atoms with E-state index >= 15 is 0 Å². The van der Waals surface area contributed by atoms with Crippen molar-refractivity contribution in [1.82, 2.24) is 35.1 Å². The summed E-state index contributed by atoms with van der Waals surface area (Å²) >= 11 is 0. The predicted molar refractivity (Wildman–Crippen MR) is 259 cm³/mol. The van der Waals surface area contributed by atoms with Crippen molar-refractivity contribution < 1.29 is 38.6 Å². The molecule has 4 aliphatic heterocycles. The minimum absolute atomic E-state index is 0.00874. The Morgan fingerprint density at radius 1 is 1.06 bits per heavy atom. The van der Waals surface area contributed by atoms with Gasteiger partial charge in [-0.3, -0.25) is 34.0 Å². The van der Waals surface area contributed by atoms with Crippen molar-refractivity contribution in [3.63, 3.8) is 0 Å². The summed E-state index contributed by atoms with van der Waals surface area (Å²) in [6, 6.07) is 12.7. The molecule has 4 amide bonds. The van der Waals surface area contributed by atoms with Gasteiger partial charge in [0.25, 0.3) is 5.91 Å². The zero-order valence-electron chi connectivity index (χ0n) is 40.4. The largest absolute Gasteiger partial charge is 0.508 e. The van der Waals surface area contributed by atoms with Gasteiger partial charge in [-0.2, -0.15) is 0 Å². The molecule has 0 spiro atoms. The Hall–Kier alpha value is -6.26. The summed E-state index contributed by atoms with van der Waals surface area (Å²) in [4.78, 5) is 79.7. The van der Waals surface area contributed by atoms with Crippen LogP contribution >= 0.6 is 0 Å². The van der Waals surface area contributed by atoms with Gasteiger partial charge in [-0.15, -0.1) is 0 Å². The molecule has 16 heteroatoms. The van der Waals surface area contributed by atoms with Crippen molar-refractivity contribution in [3.05, 3.63) is 78.5 Å². The molecule has 0 unspecified atom stereocenters. The third-order valence-corrected chi connectivity index (χ3v) is 14.1. The monoisotopic (exact) mass is 931 g/mol. The number of hydrogen-bond donors (Lipinski definition) is 3. The number of carbonyl (C=O) groups is 5. The Morgan fingerprint density at radius 2 is 1.84 bits per heavy atom. The number of amides is 4. The summed E-state index contributed by atoms with van der Waals surface area (Å²) in [5.41, 5.74) is 9.68. The number of likely N-dealkylation sites (N-methyl/N-ethyl adjacent to an activating group) is 1. The Balaban J connectivity index is 1.18. The maximum atomic E-state index is 14.7. The summed E-state index contributed by atoms with van der Waals surface area (Å²) < 4.78 is 14.0. The summed E-state index contributed by atoms with van der Waals surface area (Å²) in [5, 5.41) is 16.7. The third kappa shape index (κ3) is 9.84. The highest BCUT2D eigenvalue weighted by Crippen LogP contribution is 2.41. The highest BCUT2D eigenvalue weighted by molar-refractivity contribution is 5.96. The molecule has 6 bridgehead atoms. The maximum Gasteiger partial charge on any atom is 0.324 e. The van der Waals surface area contributed by atoms with Crippen LogP contribution in [0.2, 0.25) is 0 Å². The Kier molecular flexibility index (Phi) is 14.0. The average molecular weight is 931 g/mol. The number of phenolic OH excluding ortho intramolecular Hbond substituents is 1. The zero-order valence-corrected chi connectivity index (χ0v) is 40.4. The number of aromatic nitrogens is 2. The number of hydrazine groups is 1. The van der Waals surface area contributed by atoms with Gasteiger partial charge in [0.2, 0.25) is 17.7 Å². The second kappa shape index (κ2) is 19.8. The molecule has 0 aliphatic carbocycles. The lowest BCUT2D eigenvalue weighted by Gasteiger charge is -2.40. The molecule has 8 rings (SSSR count). The average Bonchev–Trinajstić information content (AvgIpc) is 3.92. The molecular weight excluding hydrogens is 865 g/mol. The van der Waals surface area contributed by atoms with Crippen LogP contribution in [0.5, 0.6) is 5.75 Å². The van der Waals surface area contributed by atoms with Crippen molar-refractivity contribution in [3.8, 4) is 28.3 Å². The van der Waals surface area contributed by atoms with E-state index in [1.54, 1.807) is 31.2 Å². The summed E-state index contributed by atoms with van der Waals surface area (Å²) in [6.07, 6.45) is 5.21. The van der Waals surface area contributed by atoms with Gasteiger partial charge in [-0.05, 0) is 103 Å². The van der Waals surface area contributed by atoms with E-state index < -0.39 is 47.2 Å². The molecule has 0 radical (unpaired) electrons. The molecule has 16 nitrogen and oxygen atoms in total. The van der Waals surface area contributed by atoms with Crippen molar-refractivity contribution in [1.29, 1.82) is 0 Å². The van der Waals surface area contributed by atoms with Gasteiger partial charge < -0.3 is 39.2 Å². The number of phenols is 1. The quantitative estimate of drug-likeness (QED) is 0.143. The summed E-state index contributed by atoms with van der Waals surface area (Å²) in [6.45, 7) is 16.8. The number of nitrogens with one attached hydrogen (secondary N) is 2. The van der Waals surface area contributed by atoms with Crippen LogP contribution in [-0.4, -0.2) is 137 Å². The van der Waals surface area contributed by atoms with Crippen molar-refractivity contribution >= 4 is 46.2 Å². The van der Waals surface area contributed by atoms with Crippen LogP contribution < -0.4 is 15.6 Å². The molecule has 68 heavy (non-hydrogen) atoms. The highest BCUT2D eigenvalue weighted by atomic mass is 16.5. The summed E-state index contributed by atoms with van der Waals surface area (Å²) in [7, 11) is 3.32. The molecule has 2 aromatic carbocycles. The number of aryl methyl sites for hydroxylation is 1. The van der Waals surface area contributed by atoms with Crippen molar-refractivity contribution in [2.45, 2.75) is 97.5 Å². The smallest absolute Gasteiger partial charge is 0.324 e. The molecule has 4 aliphatic rings. The highest BCUT2D eigenvalue weighted by Gasteiger charge is 2.40. The number of hydrogen-bond acceptors (Lipinski definition) is 11. The van der Waals surface area contributed by atoms with Crippen LogP contribution in [0.15, 0.2) is 67.4 Å². The third-order valence-electron chi connectivity index (χ3n) is 14.1. The number of benzene rings is 2. The standard InChI is InChI=1S/C52H66N8O8/c1-9-45(62)57-19-16-34(27-57)49(64)56(7)46(31(3)4)48(63)54-43-22-32-20-35(23-37(61)21-32)33-13-14-44-39(24-33)40(26-52(5,6)30-68-51(66)41-12-11-18-60(55-41)50(43)65)47(59(44)10-2)42-25-36(15-17-53-42)58-28-38(29-58)67-8/h9,13-15,17,20-21,23-25,31,34,38,41,43,46,55,61H,1,10-12,16,18-19,22,26-30H2,2-8H3,(H,54,63)/t34-,41-,43-,46-/m0/s1. The topological polar surface area (TPSA) is 179 Å². The number of esters is 1. The van der Waals surface area contributed by atoms with Gasteiger partial charge in [0.05, 0.1) is 30.0 Å². The fourth-order valence-corrected chi connectivity index (χ4v) is 10.4. The zero-order chi connectivity index (χ0) is 48.6. The lowest BCUT2D eigenvalue weighted by molar-refractivity contribution is -0.155. The molecule has 2 aromatic heterocycles. The molecule has 6 heterocycles. The molecule has 3 N–H and O–H groups in total. The Labute approximate surface area is 398 Å². The first-order chi connectivity index (χ1) is 32.5. The second-order valence-electron chi connectivity index (χ2n) is 20.0. The molecule has 3 fully saturated rings. The van der Waals surface area contributed by atoms with Crippen LogP contribution in [0.3, 0.4) is 0 Å². The van der Waals surface area contributed by atoms with Gasteiger partial charge in [0.15, 0.2) is 0 Å². The lowest BCUT2D eigenvalue weighted by atomic mass is 9.84. The maximum absolute atomic E-state index is 14.7. The first kappa shape index (κ1) is 48.2. The van der Waals surface area contributed by atoms with Crippen LogP contribution in [0.1, 0.15) is 65.0 Å². The van der Waals surface area contributed by atoms with E-state index in [0.717, 1.165) is 57.8 Å². The number of rotatable bonds is 10. The van der Waals surface area contributed by atoms with E-state index in [4.69, 9.17) is 14.5 Å². The molecule has 3 saturated heterocycles. The van der Waals surface area contributed by atoms with Gasteiger partial charge >= 0.3 is 5.97 Å². The van der Waals surface area contributed by atoms with Gasteiger partial charge in [-0.1, -0.05) is 46.4 Å². The molecule has 4 atom stereocenters. The number of likely N-dealkylation sites (tertiary alicyclic amines) is 1. The number of nitrogens with zero attached hydrogens (tertiary/aromatic N) is 6. The SMILES string of the molecule is C=CC(=O)N1CC[C@H](C(=O)N(C)[C@H](C(=O)N[C@H]2Cc3cc(O)cc(c3)-c3ccc4c(c3)c(c(-c3cc(N5CC(OC)C5)ccn3)n4CC)CC(C)(C)COC(=O)[C@@H]3CCCN(N3)C2=O)C(C)C)C1. The molecule has 0 saturated carbocycles. The minimum atomic E-state index is -1.16. The molecule has 4 aromatic rings. The van der Waals surface area contributed by atoms with E-state index in [0.29, 0.717) is 44.3 Å². The number of aromatic hydroxyl groups is 1. The predicted octanol–water partition coefficient (Wildman–Crippen LogP) is 5.10. The normalized spacial score (nSPS) is 21.5. The van der Waals surface area contributed by atoms with Gasteiger partial charge in [0, 0.05) is 88.0 Å². The number of fused-ring (bicyclic) bond motifs is 6. The van der Waals surface area contributed by atoms with Crippen LogP contribution in [0.25, 0.3) is 33.4 Å². The van der Waals surface area contributed by atoms with Crippen LogP contribution in [0, 0.1) is 17.3 Å². The van der Waals surface area contributed by atoms with Gasteiger partial charge in [-0.25, -0.2) is 5.43 Å². The number of ether oxygens (including phenoxy) is 2. The molecule has 362 valence electrons. The Morgan fingerprint density at radius 3 is 2.56 bits per heavy atom. The minimum Gasteiger partial charge on any atom is -0.508 e. The fourth-order valence-electron chi connectivity index (χ4n) is 10.4. The van der Waals surface area contributed by atoms with E-state index in [-0.39, 0.29) is 55.7 Å². The number of pyridine rings is 1. The number of methoxy groups -OCH3 is 1. The summed E-state index contributed by atoms with van der Waals surface area (Å²) in [5.74, 6) is -2.85. The Bertz CT molecular complexity index is 2600. The van der Waals surface area contributed by atoms with Crippen LogP contribution in [-0.2, 0) is 52.8 Å². The van der Waals surface area contributed by atoms with Gasteiger partial charge in [0.1, 0.15) is 23.9 Å². The van der Waals surface area contributed by atoms with E-state index in [1.165, 1.54) is 16.0 Å². The van der Waals surface area contributed by atoms with E-state index in [1.807, 2.05) is 38.2 Å².